The van der Waals surface area contributed by atoms with Gasteiger partial charge in [-0.25, -0.2) is 0 Å². The molecule has 0 bridgehead atoms. The van der Waals surface area contributed by atoms with Gasteiger partial charge in [-0.2, -0.15) is 0 Å². The standard InChI is InChI=1S/C62H67BN2/c1-39-32-55-57-56(33-39)65(52-30-26-44(59(5,6)7)34-47(52)42-22-20-41(21-23-42)40-18-16-15-17-19-40)54-37-49-48(61(11,12)38-62(49,13)14)36-51(54)63(57)50-35-45(60(8,9)10)27-31-53(50)64(55)46-28-24-43(25-29-46)58(2,3)4/h15-37H,38H2,1-14H3. The molecular formula is C62H67BN2. The molecule has 7 aromatic carbocycles. The Morgan fingerprint density at radius 2 is 0.923 bits per heavy atom. The van der Waals surface area contributed by atoms with Gasteiger partial charge < -0.3 is 9.80 Å². The summed E-state index contributed by atoms with van der Waals surface area (Å²) in [5.41, 5.74) is 24.9. The number of nitrogens with zero attached hydrogens (tertiary/aromatic N) is 2. The van der Waals surface area contributed by atoms with E-state index in [1.54, 1.807) is 0 Å². The Kier molecular flexibility index (Phi) is 9.69. The lowest BCUT2D eigenvalue weighted by atomic mass is 9.33. The lowest BCUT2D eigenvalue weighted by Gasteiger charge is -2.45. The molecule has 1 aliphatic carbocycles. The van der Waals surface area contributed by atoms with Crippen molar-refractivity contribution in [3.05, 3.63) is 173 Å². The number of aryl methyl sites for hydroxylation is 1. The smallest absolute Gasteiger partial charge is 0.252 e. The van der Waals surface area contributed by atoms with Crippen molar-refractivity contribution in [2.24, 2.45) is 0 Å². The van der Waals surface area contributed by atoms with Crippen LogP contribution in [0.2, 0.25) is 0 Å². The van der Waals surface area contributed by atoms with Gasteiger partial charge in [0.05, 0.1) is 5.69 Å². The molecule has 0 saturated heterocycles. The van der Waals surface area contributed by atoms with Gasteiger partial charge in [0.15, 0.2) is 0 Å². The van der Waals surface area contributed by atoms with Gasteiger partial charge in [-0.1, -0.05) is 181 Å². The van der Waals surface area contributed by atoms with E-state index < -0.39 is 0 Å². The van der Waals surface area contributed by atoms with E-state index in [2.05, 4.69) is 246 Å². The number of rotatable bonds is 4. The quantitative estimate of drug-likeness (QED) is 0.163. The van der Waals surface area contributed by atoms with E-state index in [0.717, 1.165) is 6.42 Å². The van der Waals surface area contributed by atoms with Gasteiger partial charge in [0.1, 0.15) is 0 Å². The van der Waals surface area contributed by atoms with Crippen molar-refractivity contribution < 1.29 is 0 Å². The molecule has 0 atom stereocenters. The van der Waals surface area contributed by atoms with Crippen LogP contribution in [-0.4, -0.2) is 6.71 Å². The monoisotopic (exact) mass is 851 g/mol. The third-order valence-corrected chi connectivity index (χ3v) is 15.0. The molecule has 0 aromatic heterocycles. The van der Waals surface area contributed by atoms with Crippen LogP contribution in [-0.2, 0) is 27.1 Å². The fourth-order valence-corrected chi connectivity index (χ4v) is 11.6. The highest BCUT2D eigenvalue weighted by molar-refractivity contribution is 7.00. The minimum atomic E-state index is -0.0292. The van der Waals surface area contributed by atoms with Gasteiger partial charge in [0.2, 0.25) is 0 Å². The molecule has 3 heteroatoms. The molecular weight excluding hydrogens is 784 g/mol. The summed E-state index contributed by atoms with van der Waals surface area (Å²) < 4.78 is 0. The van der Waals surface area contributed by atoms with Gasteiger partial charge in [-0.3, -0.25) is 0 Å². The predicted molar refractivity (Wildman–Crippen MR) is 283 cm³/mol. The topological polar surface area (TPSA) is 6.48 Å². The first-order valence-corrected chi connectivity index (χ1v) is 24.0. The van der Waals surface area contributed by atoms with Crippen LogP contribution in [0.3, 0.4) is 0 Å². The molecule has 2 heterocycles. The minimum Gasteiger partial charge on any atom is -0.311 e. The molecule has 2 aliphatic heterocycles. The lowest BCUT2D eigenvalue weighted by Crippen LogP contribution is -2.61. The van der Waals surface area contributed by atoms with Crippen LogP contribution in [0.15, 0.2) is 140 Å². The second kappa shape index (κ2) is 14.6. The molecule has 3 aliphatic rings. The summed E-state index contributed by atoms with van der Waals surface area (Å²) >= 11 is 0. The summed E-state index contributed by atoms with van der Waals surface area (Å²) in [5.74, 6) is 0. The van der Waals surface area contributed by atoms with Crippen LogP contribution in [0.4, 0.5) is 34.1 Å². The van der Waals surface area contributed by atoms with Gasteiger partial charge in [0, 0.05) is 34.0 Å². The highest BCUT2D eigenvalue weighted by Gasteiger charge is 2.48. The number of hydrogen-bond donors (Lipinski definition) is 0. The zero-order valence-corrected chi connectivity index (χ0v) is 41.5. The second-order valence-electron chi connectivity index (χ2n) is 24.0. The Balaban J connectivity index is 1.30. The van der Waals surface area contributed by atoms with E-state index in [1.807, 2.05) is 0 Å². The molecule has 328 valence electrons. The molecule has 0 amide bonds. The van der Waals surface area contributed by atoms with Crippen LogP contribution in [0, 0.1) is 6.92 Å². The first kappa shape index (κ1) is 43.1. The van der Waals surface area contributed by atoms with Crippen molar-refractivity contribution in [2.45, 2.75) is 130 Å². The fourth-order valence-electron chi connectivity index (χ4n) is 11.6. The Morgan fingerprint density at radius 3 is 1.52 bits per heavy atom. The fraction of sp³-hybridized carbons (Fsp3) is 0.323. The first-order chi connectivity index (χ1) is 30.5. The van der Waals surface area contributed by atoms with Crippen molar-refractivity contribution in [3.8, 4) is 22.3 Å². The highest BCUT2D eigenvalue weighted by atomic mass is 15.2. The molecule has 65 heavy (non-hydrogen) atoms. The number of hydrogen-bond acceptors (Lipinski definition) is 2. The summed E-state index contributed by atoms with van der Waals surface area (Å²) in [6.45, 7) is 33.2. The molecule has 10 rings (SSSR count). The van der Waals surface area contributed by atoms with E-state index in [0.29, 0.717) is 0 Å². The van der Waals surface area contributed by atoms with E-state index in [9.17, 15) is 0 Å². The van der Waals surface area contributed by atoms with Gasteiger partial charge in [0.25, 0.3) is 6.71 Å². The van der Waals surface area contributed by atoms with E-state index >= 15 is 0 Å². The van der Waals surface area contributed by atoms with Crippen LogP contribution >= 0.6 is 0 Å². The molecule has 0 fully saturated rings. The summed E-state index contributed by atoms with van der Waals surface area (Å²) in [7, 11) is 0. The second-order valence-corrected chi connectivity index (χ2v) is 24.0. The number of anilines is 6. The zero-order chi connectivity index (χ0) is 46.2. The third-order valence-electron chi connectivity index (χ3n) is 15.0. The maximum Gasteiger partial charge on any atom is 0.252 e. The van der Waals surface area contributed by atoms with E-state index in [1.165, 1.54) is 106 Å². The molecule has 0 radical (unpaired) electrons. The molecule has 0 spiro atoms. The maximum atomic E-state index is 2.67. The summed E-state index contributed by atoms with van der Waals surface area (Å²) in [5, 5.41) is 0. The highest BCUT2D eigenvalue weighted by Crippen LogP contribution is 2.54. The van der Waals surface area contributed by atoms with Crippen LogP contribution in [0.25, 0.3) is 22.3 Å². The molecule has 0 unspecified atom stereocenters. The van der Waals surface area contributed by atoms with E-state index in [-0.39, 0.29) is 33.8 Å². The van der Waals surface area contributed by atoms with Gasteiger partial charge in [-0.15, -0.1) is 0 Å². The average Bonchev–Trinajstić information content (AvgIpc) is 3.43. The van der Waals surface area contributed by atoms with E-state index in [4.69, 9.17) is 0 Å². The van der Waals surface area contributed by atoms with Crippen molar-refractivity contribution in [2.75, 3.05) is 9.80 Å². The first-order valence-electron chi connectivity index (χ1n) is 24.0. The number of fused-ring (bicyclic) bond motifs is 5. The van der Waals surface area contributed by atoms with Crippen molar-refractivity contribution in [3.63, 3.8) is 0 Å². The normalized spacial score (nSPS) is 15.9. The van der Waals surface area contributed by atoms with Crippen molar-refractivity contribution >= 4 is 57.2 Å². The zero-order valence-electron chi connectivity index (χ0n) is 41.5. The van der Waals surface area contributed by atoms with Crippen LogP contribution < -0.4 is 26.2 Å². The predicted octanol–water partition coefficient (Wildman–Crippen LogP) is 15.3. The van der Waals surface area contributed by atoms with Crippen molar-refractivity contribution in [1.82, 2.24) is 0 Å². The van der Waals surface area contributed by atoms with Crippen LogP contribution in [0.1, 0.15) is 130 Å². The largest absolute Gasteiger partial charge is 0.311 e. The Morgan fingerprint density at radius 1 is 0.431 bits per heavy atom. The third kappa shape index (κ3) is 7.16. The lowest BCUT2D eigenvalue weighted by molar-refractivity contribution is 0.403. The summed E-state index contributed by atoms with van der Waals surface area (Å²) in [6.07, 6.45) is 1.11. The molecule has 0 saturated carbocycles. The SMILES string of the molecule is Cc1cc2c3c(c1)N(c1ccc(C(C)(C)C)cc1-c1ccc(-c4ccccc4)cc1)c1cc4c(cc1B3c1cc(C(C)(C)C)ccc1N2c1ccc(C(C)(C)C)cc1)C(C)(C)CC4(C)C. The Labute approximate surface area is 390 Å². The summed E-state index contributed by atoms with van der Waals surface area (Å²) in [6, 6.07) is 54.3. The maximum absolute atomic E-state index is 2.67. The Hall–Kier alpha value is -5.80. The number of benzene rings is 7. The summed E-state index contributed by atoms with van der Waals surface area (Å²) in [4.78, 5) is 5.25. The molecule has 7 aromatic rings. The van der Waals surface area contributed by atoms with Gasteiger partial charge >= 0.3 is 0 Å². The van der Waals surface area contributed by atoms with Gasteiger partial charge in [-0.05, 0) is 155 Å². The minimum absolute atomic E-state index is 0.0160. The molecule has 0 N–H and O–H groups in total. The average molecular weight is 851 g/mol. The van der Waals surface area contributed by atoms with Crippen molar-refractivity contribution in [1.29, 1.82) is 0 Å². The Bertz CT molecular complexity index is 3000. The van der Waals surface area contributed by atoms with Crippen LogP contribution in [0.5, 0.6) is 0 Å². The molecule has 2 nitrogen and oxygen atoms in total.